The Bertz CT molecular complexity index is 140. The third-order valence-electron chi connectivity index (χ3n) is 1.50. The molecule has 2 heteroatoms. The van der Waals surface area contributed by atoms with E-state index in [4.69, 9.17) is 0 Å². The number of nitrogens with zero attached hydrogens (tertiary/aromatic N) is 1. The maximum atomic E-state index is 10.9. The largest absolute Gasteiger partial charge is 0.342 e. The first kappa shape index (κ1) is 10.2. The molecule has 2 nitrogen and oxygen atoms in total. The molecule has 1 aliphatic heterocycles. The highest BCUT2D eigenvalue weighted by Crippen LogP contribution is 2.01. The Hall–Kier alpha value is -0.790. The van der Waals surface area contributed by atoms with Gasteiger partial charge in [-0.2, -0.15) is 0 Å². The van der Waals surface area contributed by atoms with Crippen molar-refractivity contribution in [2.75, 3.05) is 13.6 Å². The van der Waals surface area contributed by atoms with E-state index in [0.29, 0.717) is 6.42 Å². The molecular formula is C9H17NO. The first-order valence-corrected chi connectivity index (χ1v) is 4.19. The molecule has 1 heterocycles. The summed E-state index contributed by atoms with van der Waals surface area (Å²) in [4.78, 5) is 12.6. The van der Waals surface area contributed by atoms with Gasteiger partial charge in [-0.15, -0.1) is 0 Å². The van der Waals surface area contributed by atoms with Gasteiger partial charge in [-0.05, 0) is 6.42 Å². The van der Waals surface area contributed by atoms with Gasteiger partial charge in [-0.1, -0.05) is 26.0 Å². The van der Waals surface area contributed by atoms with Gasteiger partial charge in [0.25, 0.3) is 0 Å². The van der Waals surface area contributed by atoms with Crippen molar-refractivity contribution in [2.24, 2.45) is 0 Å². The molecule has 0 unspecified atom stereocenters. The van der Waals surface area contributed by atoms with Crippen LogP contribution in [0.15, 0.2) is 12.2 Å². The SMILES string of the molecule is CC.CN1CC=CCCC1=O. The fourth-order valence-corrected chi connectivity index (χ4v) is 0.850. The van der Waals surface area contributed by atoms with Crippen molar-refractivity contribution in [3.05, 3.63) is 12.2 Å². The molecule has 0 fully saturated rings. The Morgan fingerprint density at radius 1 is 1.36 bits per heavy atom. The fraction of sp³-hybridized carbons (Fsp3) is 0.667. The van der Waals surface area contributed by atoms with Gasteiger partial charge in [-0.25, -0.2) is 0 Å². The van der Waals surface area contributed by atoms with Gasteiger partial charge in [0.05, 0.1) is 0 Å². The normalized spacial score (nSPS) is 17.0. The topological polar surface area (TPSA) is 20.3 Å². The summed E-state index contributed by atoms with van der Waals surface area (Å²) in [5.41, 5.74) is 0. The average molecular weight is 155 g/mol. The Labute approximate surface area is 68.9 Å². The molecule has 0 aromatic carbocycles. The van der Waals surface area contributed by atoms with Crippen LogP contribution in [0.25, 0.3) is 0 Å². The summed E-state index contributed by atoms with van der Waals surface area (Å²) in [5, 5.41) is 0. The van der Waals surface area contributed by atoms with Crippen molar-refractivity contribution in [2.45, 2.75) is 26.7 Å². The lowest BCUT2D eigenvalue weighted by atomic mass is 10.3. The lowest BCUT2D eigenvalue weighted by Crippen LogP contribution is -2.24. The smallest absolute Gasteiger partial charge is 0.222 e. The average Bonchev–Trinajstić information content (AvgIpc) is 2.22. The maximum absolute atomic E-state index is 10.9. The standard InChI is InChI=1S/C7H11NO.C2H6/c1-8-6-4-2-3-5-7(8)9;1-2/h2,4H,3,5-6H2,1H3;1-2H3. The van der Waals surface area contributed by atoms with Crippen LogP contribution in [0.1, 0.15) is 26.7 Å². The number of carbonyl (C=O) groups excluding carboxylic acids is 1. The minimum absolute atomic E-state index is 0.250. The zero-order valence-corrected chi connectivity index (χ0v) is 7.63. The summed E-state index contributed by atoms with van der Waals surface area (Å²) in [6.45, 7) is 4.78. The molecule has 1 aliphatic rings. The van der Waals surface area contributed by atoms with E-state index in [1.54, 1.807) is 4.90 Å². The molecule has 64 valence electrons. The fourth-order valence-electron chi connectivity index (χ4n) is 0.850. The molecule has 0 atom stereocenters. The van der Waals surface area contributed by atoms with Gasteiger partial charge >= 0.3 is 0 Å². The zero-order valence-electron chi connectivity index (χ0n) is 7.63. The molecule has 0 bridgehead atoms. The first-order chi connectivity index (χ1) is 5.30. The van der Waals surface area contributed by atoms with Crippen LogP contribution in [0, 0.1) is 0 Å². The van der Waals surface area contributed by atoms with Crippen LogP contribution in [-0.4, -0.2) is 24.4 Å². The van der Waals surface area contributed by atoms with Gasteiger partial charge in [0.2, 0.25) is 5.91 Å². The van der Waals surface area contributed by atoms with Crippen molar-refractivity contribution in [3.8, 4) is 0 Å². The lowest BCUT2D eigenvalue weighted by molar-refractivity contribution is -0.129. The van der Waals surface area contributed by atoms with E-state index in [-0.39, 0.29) is 5.91 Å². The second kappa shape index (κ2) is 5.96. The lowest BCUT2D eigenvalue weighted by Gasteiger charge is -2.11. The van der Waals surface area contributed by atoms with E-state index >= 15 is 0 Å². The van der Waals surface area contributed by atoms with E-state index in [1.165, 1.54) is 0 Å². The van der Waals surface area contributed by atoms with Gasteiger partial charge in [-0.3, -0.25) is 4.79 Å². The van der Waals surface area contributed by atoms with Gasteiger partial charge in [0.15, 0.2) is 0 Å². The molecule has 1 amide bonds. The Morgan fingerprint density at radius 3 is 2.64 bits per heavy atom. The van der Waals surface area contributed by atoms with Crippen molar-refractivity contribution >= 4 is 5.91 Å². The highest BCUT2D eigenvalue weighted by Gasteiger charge is 2.07. The number of hydrogen-bond donors (Lipinski definition) is 0. The summed E-state index contributed by atoms with van der Waals surface area (Å²) in [6, 6.07) is 0. The molecule has 11 heavy (non-hydrogen) atoms. The van der Waals surface area contributed by atoms with Gasteiger partial charge < -0.3 is 4.90 Å². The Kier molecular flexibility index (Phi) is 5.53. The number of rotatable bonds is 0. The predicted octanol–water partition coefficient (Wildman–Crippen LogP) is 1.82. The van der Waals surface area contributed by atoms with Crippen molar-refractivity contribution < 1.29 is 4.79 Å². The summed E-state index contributed by atoms with van der Waals surface area (Å²) in [5.74, 6) is 0.250. The summed E-state index contributed by atoms with van der Waals surface area (Å²) in [6.07, 6.45) is 5.67. The summed E-state index contributed by atoms with van der Waals surface area (Å²) >= 11 is 0. The molecule has 0 aromatic rings. The highest BCUT2D eigenvalue weighted by molar-refractivity contribution is 5.76. The molecule has 0 radical (unpaired) electrons. The molecular weight excluding hydrogens is 138 g/mol. The number of likely N-dealkylation sites (N-methyl/N-ethyl adjacent to an activating group) is 1. The van der Waals surface area contributed by atoms with E-state index in [0.717, 1.165) is 13.0 Å². The van der Waals surface area contributed by atoms with Crippen molar-refractivity contribution in [3.63, 3.8) is 0 Å². The number of carbonyl (C=O) groups is 1. The summed E-state index contributed by atoms with van der Waals surface area (Å²) < 4.78 is 0. The van der Waals surface area contributed by atoms with E-state index < -0.39 is 0 Å². The van der Waals surface area contributed by atoms with Crippen LogP contribution in [0.2, 0.25) is 0 Å². The Morgan fingerprint density at radius 2 is 2.00 bits per heavy atom. The summed E-state index contributed by atoms with van der Waals surface area (Å²) in [7, 11) is 1.83. The molecule has 0 saturated heterocycles. The van der Waals surface area contributed by atoms with Crippen molar-refractivity contribution in [1.82, 2.24) is 4.90 Å². The van der Waals surface area contributed by atoms with Gasteiger partial charge in [0.1, 0.15) is 0 Å². The van der Waals surface area contributed by atoms with E-state index in [2.05, 4.69) is 6.08 Å². The quantitative estimate of drug-likeness (QED) is 0.489. The first-order valence-electron chi connectivity index (χ1n) is 4.19. The molecule has 0 aliphatic carbocycles. The third kappa shape index (κ3) is 3.81. The van der Waals surface area contributed by atoms with Crippen LogP contribution >= 0.6 is 0 Å². The predicted molar refractivity (Wildman–Crippen MR) is 47.4 cm³/mol. The van der Waals surface area contributed by atoms with Crippen molar-refractivity contribution in [1.29, 1.82) is 0 Å². The van der Waals surface area contributed by atoms with Crippen LogP contribution in [0.4, 0.5) is 0 Å². The Balaban J connectivity index is 0.000000461. The minimum atomic E-state index is 0.250. The highest BCUT2D eigenvalue weighted by atomic mass is 16.2. The zero-order chi connectivity index (χ0) is 8.69. The second-order valence-corrected chi connectivity index (χ2v) is 2.28. The number of allylic oxidation sites excluding steroid dienone is 1. The van der Waals surface area contributed by atoms with Crippen LogP contribution < -0.4 is 0 Å². The van der Waals surface area contributed by atoms with Crippen LogP contribution in [0.3, 0.4) is 0 Å². The molecule has 0 saturated carbocycles. The molecule has 0 spiro atoms. The molecule has 0 aromatic heterocycles. The second-order valence-electron chi connectivity index (χ2n) is 2.28. The van der Waals surface area contributed by atoms with Crippen LogP contribution in [-0.2, 0) is 4.79 Å². The van der Waals surface area contributed by atoms with E-state index in [9.17, 15) is 4.79 Å². The van der Waals surface area contributed by atoms with Crippen LogP contribution in [0.5, 0.6) is 0 Å². The molecule has 0 N–H and O–H groups in total. The van der Waals surface area contributed by atoms with E-state index in [1.807, 2.05) is 27.0 Å². The monoisotopic (exact) mass is 155 g/mol. The molecule has 1 rings (SSSR count). The maximum Gasteiger partial charge on any atom is 0.222 e. The number of hydrogen-bond acceptors (Lipinski definition) is 1. The minimum Gasteiger partial charge on any atom is -0.342 e. The number of amides is 1. The third-order valence-corrected chi connectivity index (χ3v) is 1.50. The van der Waals surface area contributed by atoms with Gasteiger partial charge in [0, 0.05) is 20.0 Å².